The Morgan fingerprint density at radius 2 is 2.21 bits per heavy atom. The molecule has 0 aliphatic carbocycles. The molecule has 2 heterocycles. The standard InChI is InChI=1S/C10H8ClF3N2O3/c11-8-2-1-6-5(15-8)3-16(9(17)18)4-7(19-6)10(12,13)14/h1-2,7H,3-4H2,(H,17,18). The van der Waals surface area contributed by atoms with Crippen molar-refractivity contribution in [3.63, 3.8) is 0 Å². The van der Waals surface area contributed by atoms with Crippen LogP contribution in [0.2, 0.25) is 5.15 Å². The summed E-state index contributed by atoms with van der Waals surface area (Å²) >= 11 is 5.63. The fourth-order valence-electron chi connectivity index (χ4n) is 1.63. The van der Waals surface area contributed by atoms with Gasteiger partial charge in [0.05, 0.1) is 13.1 Å². The molecule has 1 N–H and O–H groups in total. The van der Waals surface area contributed by atoms with Gasteiger partial charge in [0.15, 0.2) is 0 Å². The summed E-state index contributed by atoms with van der Waals surface area (Å²) in [4.78, 5) is 15.3. The molecule has 1 aliphatic rings. The van der Waals surface area contributed by atoms with E-state index in [2.05, 4.69) is 4.98 Å². The van der Waals surface area contributed by atoms with E-state index in [4.69, 9.17) is 21.4 Å². The molecule has 19 heavy (non-hydrogen) atoms. The van der Waals surface area contributed by atoms with Crippen molar-refractivity contribution in [2.24, 2.45) is 0 Å². The van der Waals surface area contributed by atoms with E-state index >= 15 is 0 Å². The maximum absolute atomic E-state index is 12.7. The van der Waals surface area contributed by atoms with Gasteiger partial charge in [0.1, 0.15) is 16.6 Å². The van der Waals surface area contributed by atoms with Crippen LogP contribution in [0.1, 0.15) is 5.69 Å². The van der Waals surface area contributed by atoms with Gasteiger partial charge >= 0.3 is 12.3 Å². The molecular formula is C10H8ClF3N2O3. The molecule has 1 aromatic heterocycles. The van der Waals surface area contributed by atoms with E-state index in [0.29, 0.717) is 4.90 Å². The Balaban J connectivity index is 2.40. The van der Waals surface area contributed by atoms with E-state index in [1.165, 1.54) is 12.1 Å². The summed E-state index contributed by atoms with van der Waals surface area (Å²) in [5.41, 5.74) is 0.0571. The summed E-state index contributed by atoms with van der Waals surface area (Å²) in [7, 11) is 0. The van der Waals surface area contributed by atoms with Crippen molar-refractivity contribution in [2.45, 2.75) is 18.8 Å². The first-order valence-electron chi connectivity index (χ1n) is 5.14. The summed E-state index contributed by atoms with van der Waals surface area (Å²) < 4.78 is 43.0. The topological polar surface area (TPSA) is 62.7 Å². The van der Waals surface area contributed by atoms with Gasteiger partial charge in [0.25, 0.3) is 0 Å². The van der Waals surface area contributed by atoms with Crippen LogP contribution in [-0.2, 0) is 6.54 Å². The van der Waals surface area contributed by atoms with E-state index in [0.717, 1.165) is 0 Å². The second kappa shape index (κ2) is 4.76. The summed E-state index contributed by atoms with van der Waals surface area (Å²) in [5.74, 6) is -0.115. The number of rotatable bonds is 0. The highest BCUT2D eigenvalue weighted by molar-refractivity contribution is 6.29. The molecule has 0 saturated carbocycles. The van der Waals surface area contributed by atoms with Crippen LogP contribution in [-0.4, -0.2) is 39.9 Å². The molecule has 0 spiro atoms. The minimum Gasteiger partial charge on any atom is -0.477 e. The molecule has 1 atom stereocenters. The first-order chi connectivity index (χ1) is 8.77. The lowest BCUT2D eigenvalue weighted by atomic mass is 10.3. The van der Waals surface area contributed by atoms with Gasteiger partial charge in [0, 0.05) is 0 Å². The predicted molar refractivity (Wildman–Crippen MR) is 58.2 cm³/mol. The van der Waals surface area contributed by atoms with Crippen LogP contribution in [0.5, 0.6) is 5.75 Å². The number of ether oxygens (including phenoxy) is 1. The third kappa shape index (κ3) is 3.01. The maximum atomic E-state index is 12.7. The van der Waals surface area contributed by atoms with E-state index in [1.54, 1.807) is 0 Å². The molecule has 0 aromatic carbocycles. The van der Waals surface area contributed by atoms with Crippen LogP contribution >= 0.6 is 11.6 Å². The molecule has 1 aromatic rings. The van der Waals surface area contributed by atoms with Crippen LogP contribution in [0.15, 0.2) is 12.1 Å². The highest BCUT2D eigenvalue weighted by Gasteiger charge is 2.45. The van der Waals surface area contributed by atoms with Gasteiger partial charge in [-0.3, -0.25) is 4.90 Å². The quantitative estimate of drug-likeness (QED) is 0.747. The lowest BCUT2D eigenvalue weighted by Gasteiger charge is -2.23. The van der Waals surface area contributed by atoms with Gasteiger partial charge in [-0.25, -0.2) is 9.78 Å². The second-order valence-corrected chi connectivity index (χ2v) is 4.28. The Morgan fingerprint density at radius 1 is 1.53 bits per heavy atom. The average molecular weight is 297 g/mol. The highest BCUT2D eigenvalue weighted by Crippen LogP contribution is 2.31. The van der Waals surface area contributed by atoms with Gasteiger partial charge < -0.3 is 9.84 Å². The second-order valence-electron chi connectivity index (χ2n) is 3.89. The summed E-state index contributed by atoms with van der Waals surface area (Å²) in [5, 5.41) is 8.94. The smallest absolute Gasteiger partial charge is 0.427 e. The van der Waals surface area contributed by atoms with Gasteiger partial charge in [-0.2, -0.15) is 13.2 Å². The average Bonchev–Trinajstić information content (AvgIpc) is 2.47. The monoisotopic (exact) mass is 296 g/mol. The minimum absolute atomic E-state index is 0.0538. The lowest BCUT2D eigenvalue weighted by Crippen LogP contribution is -2.44. The van der Waals surface area contributed by atoms with Crippen molar-refractivity contribution in [1.29, 1.82) is 0 Å². The van der Waals surface area contributed by atoms with Crippen molar-refractivity contribution in [1.82, 2.24) is 9.88 Å². The van der Waals surface area contributed by atoms with Crippen LogP contribution in [0.3, 0.4) is 0 Å². The number of carboxylic acid groups (broad SMARTS) is 1. The first kappa shape index (κ1) is 13.7. The van der Waals surface area contributed by atoms with Gasteiger partial charge in [-0.1, -0.05) is 11.6 Å². The van der Waals surface area contributed by atoms with Crippen LogP contribution in [0.25, 0.3) is 0 Å². The molecule has 2 rings (SSSR count). The number of hydrogen-bond acceptors (Lipinski definition) is 3. The zero-order valence-electron chi connectivity index (χ0n) is 9.32. The van der Waals surface area contributed by atoms with Crippen LogP contribution in [0.4, 0.5) is 18.0 Å². The molecule has 1 aliphatic heterocycles. The van der Waals surface area contributed by atoms with Gasteiger partial charge in [-0.05, 0) is 12.1 Å². The number of nitrogens with zero attached hydrogens (tertiary/aromatic N) is 2. The zero-order chi connectivity index (χ0) is 14.2. The molecule has 0 bridgehead atoms. The molecule has 1 unspecified atom stereocenters. The van der Waals surface area contributed by atoms with Crippen molar-refractivity contribution < 1.29 is 27.8 Å². The molecular weight excluding hydrogens is 289 g/mol. The fourth-order valence-corrected chi connectivity index (χ4v) is 1.80. The zero-order valence-corrected chi connectivity index (χ0v) is 10.1. The maximum Gasteiger partial charge on any atom is 0.427 e. The number of hydrogen-bond donors (Lipinski definition) is 1. The number of aromatic nitrogens is 1. The van der Waals surface area contributed by atoms with Crippen LogP contribution in [0, 0.1) is 0 Å². The van der Waals surface area contributed by atoms with Crippen molar-refractivity contribution in [3.8, 4) is 5.75 Å². The minimum atomic E-state index is -4.67. The molecule has 5 nitrogen and oxygen atoms in total. The Hall–Kier alpha value is -1.70. The Morgan fingerprint density at radius 3 is 2.79 bits per heavy atom. The van der Waals surface area contributed by atoms with Crippen LogP contribution < -0.4 is 4.74 Å². The number of halogens is 4. The predicted octanol–water partition coefficient (Wildman–Crippen LogP) is 2.54. The number of amides is 1. The Kier molecular flexibility index (Phi) is 3.44. The molecule has 9 heteroatoms. The molecule has 0 saturated heterocycles. The first-order valence-corrected chi connectivity index (χ1v) is 5.52. The summed E-state index contributed by atoms with van der Waals surface area (Å²) in [6, 6.07) is 2.53. The number of alkyl halides is 3. The fraction of sp³-hybridized carbons (Fsp3) is 0.400. The molecule has 0 fully saturated rings. The Labute approximate surface area is 110 Å². The van der Waals surface area contributed by atoms with E-state index in [1.807, 2.05) is 0 Å². The van der Waals surface area contributed by atoms with Crippen molar-refractivity contribution in [3.05, 3.63) is 23.0 Å². The number of pyridine rings is 1. The molecule has 104 valence electrons. The Bertz CT molecular complexity index is 509. The van der Waals surface area contributed by atoms with E-state index in [9.17, 15) is 18.0 Å². The SMILES string of the molecule is O=C(O)N1Cc2nc(Cl)ccc2OC(C(F)(F)F)C1. The number of fused-ring (bicyclic) bond motifs is 1. The number of carbonyl (C=O) groups is 1. The van der Waals surface area contributed by atoms with Gasteiger partial charge in [-0.15, -0.1) is 0 Å². The van der Waals surface area contributed by atoms with Crippen molar-refractivity contribution in [2.75, 3.05) is 6.54 Å². The third-order valence-corrected chi connectivity index (χ3v) is 2.74. The highest BCUT2D eigenvalue weighted by atomic mass is 35.5. The molecule has 1 amide bonds. The lowest BCUT2D eigenvalue weighted by molar-refractivity contribution is -0.196. The molecule has 0 radical (unpaired) electrons. The van der Waals surface area contributed by atoms with E-state index < -0.39 is 24.9 Å². The normalized spacial score (nSPS) is 19.4. The third-order valence-electron chi connectivity index (χ3n) is 2.53. The van der Waals surface area contributed by atoms with Crippen molar-refractivity contribution >= 4 is 17.7 Å². The largest absolute Gasteiger partial charge is 0.477 e. The summed E-state index contributed by atoms with van der Waals surface area (Å²) in [6.45, 7) is -1.12. The van der Waals surface area contributed by atoms with Gasteiger partial charge in [0.2, 0.25) is 6.10 Å². The summed E-state index contributed by atoms with van der Waals surface area (Å²) in [6.07, 6.45) is -8.38. The van der Waals surface area contributed by atoms with E-state index in [-0.39, 0.29) is 23.1 Å².